The van der Waals surface area contributed by atoms with E-state index >= 15 is 0 Å². The van der Waals surface area contributed by atoms with E-state index < -0.39 is 26.8 Å². The second kappa shape index (κ2) is 5.10. The maximum Gasteiger partial charge on any atom is 0.371 e. The van der Waals surface area contributed by atoms with Gasteiger partial charge in [0.1, 0.15) is 0 Å². The molecule has 1 aromatic rings. The minimum Gasteiger partial charge on any atom is -0.366 e. The van der Waals surface area contributed by atoms with Crippen molar-refractivity contribution in [1.29, 1.82) is 0 Å². The fourth-order valence-electron chi connectivity index (χ4n) is 1.36. The lowest BCUT2D eigenvalue weighted by molar-refractivity contribution is 0.115. The molecule has 0 aliphatic heterocycles. The molecule has 11 heteroatoms. The van der Waals surface area contributed by atoms with Gasteiger partial charge < -0.3 is 29.2 Å². The molecule has 19 heavy (non-hydrogen) atoms. The van der Waals surface area contributed by atoms with Crippen molar-refractivity contribution >= 4 is 15.2 Å². The zero-order valence-electron chi connectivity index (χ0n) is 10.3. The van der Waals surface area contributed by atoms with Crippen molar-refractivity contribution in [3.63, 3.8) is 0 Å². The molecule has 0 atom stereocenters. The summed E-state index contributed by atoms with van der Waals surface area (Å²) in [5, 5.41) is 6.25. The first-order valence-corrected chi connectivity index (χ1v) is 8.46. The third kappa shape index (κ3) is 3.32. The number of hydrogen-bond donors (Lipinski definition) is 5. The van der Waals surface area contributed by atoms with Crippen molar-refractivity contribution in [2.75, 3.05) is 0 Å². The molecule has 0 spiro atoms. The van der Waals surface area contributed by atoms with Crippen molar-refractivity contribution in [3.8, 4) is 0 Å². The van der Waals surface area contributed by atoms with E-state index in [1.165, 1.54) is 6.20 Å². The highest BCUT2D eigenvalue weighted by molar-refractivity contribution is 7.72. The molecule has 0 aromatic carbocycles. The minimum atomic E-state index is -5.45. The van der Waals surface area contributed by atoms with Gasteiger partial charge in [-0.15, -0.1) is 0 Å². The highest BCUT2D eigenvalue weighted by Crippen LogP contribution is 2.67. The van der Waals surface area contributed by atoms with Crippen molar-refractivity contribution in [3.05, 3.63) is 18.2 Å². The van der Waals surface area contributed by atoms with Gasteiger partial charge in [-0.3, -0.25) is 9.13 Å². The van der Waals surface area contributed by atoms with E-state index in [0.29, 0.717) is 5.69 Å². The lowest BCUT2D eigenvalue weighted by Gasteiger charge is -2.29. The molecule has 1 heterocycles. The Morgan fingerprint density at radius 3 is 2.05 bits per heavy atom. The Labute approximate surface area is 109 Å². The SMILES string of the molecule is CC(C)c1cn(CC(O)(P(=O)(O)O)P(=O)(O)O)cn1. The van der Waals surface area contributed by atoms with Gasteiger partial charge in [-0.05, 0) is 5.92 Å². The van der Waals surface area contributed by atoms with E-state index in [0.717, 1.165) is 10.9 Å². The van der Waals surface area contributed by atoms with Crippen molar-refractivity contribution in [2.24, 2.45) is 0 Å². The normalized spacial score (nSPS) is 14.1. The second-order valence-electron chi connectivity index (χ2n) is 4.49. The predicted octanol–water partition coefficient (Wildman–Crippen LogP) is 0.00800. The number of aliphatic hydroxyl groups is 1. The Morgan fingerprint density at radius 1 is 1.26 bits per heavy atom. The van der Waals surface area contributed by atoms with E-state index in [-0.39, 0.29) is 5.92 Å². The van der Waals surface area contributed by atoms with Crippen molar-refractivity contribution in [2.45, 2.75) is 31.4 Å². The van der Waals surface area contributed by atoms with Gasteiger partial charge in [-0.2, -0.15) is 0 Å². The molecule has 0 radical (unpaired) electrons. The zero-order chi connectivity index (χ0) is 15.1. The van der Waals surface area contributed by atoms with Gasteiger partial charge in [-0.1, -0.05) is 13.8 Å². The van der Waals surface area contributed by atoms with E-state index in [1.807, 2.05) is 13.8 Å². The molecule has 0 aliphatic rings. The molecule has 1 rings (SSSR count). The molecule has 0 amide bonds. The summed E-state index contributed by atoms with van der Waals surface area (Å²) in [4.78, 5) is 39.8. The molecule has 0 bridgehead atoms. The molecule has 0 unspecified atom stereocenters. The molecule has 0 saturated carbocycles. The molecule has 9 nitrogen and oxygen atoms in total. The van der Waals surface area contributed by atoms with E-state index in [4.69, 9.17) is 19.6 Å². The van der Waals surface area contributed by atoms with Crippen LogP contribution in [0.25, 0.3) is 0 Å². The Hall–Kier alpha value is -0.530. The lowest BCUT2D eigenvalue weighted by atomic mass is 10.2. The average molecular weight is 314 g/mol. The van der Waals surface area contributed by atoms with Crippen LogP contribution in [0, 0.1) is 0 Å². The van der Waals surface area contributed by atoms with Gasteiger partial charge in [0.2, 0.25) is 0 Å². The lowest BCUT2D eigenvalue weighted by Crippen LogP contribution is -2.33. The first-order valence-electron chi connectivity index (χ1n) is 5.24. The first-order chi connectivity index (χ1) is 8.38. The molecule has 5 N–H and O–H groups in total. The quantitative estimate of drug-likeness (QED) is 0.476. The van der Waals surface area contributed by atoms with E-state index in [1.54, 1.807) is 0 Å². The second-order valence-corrected chi connectivity index (χ2v) is 8.50. The van der Waals surface area contributed by atoms with Crippen LogP contribution in [-0.2, 0) is 15.7 Å². The molecule has 0 saturated heterocycles. The van der Waals surface area contributed by atoms with Gasteiger partial charge in [-0.25, -0.2) is 4.98 Å². The smallest absolute Gasteiger partial charge is 0.366 e. The van der Waals surface area contributed by atoms with Crippen LogP contribution >= 0.6 is 15.2 Å². The van der Waals surface area contributed by atoms with Gasteiger partial charge in [0, 0.05) is 6.20 Å². The Balaban J connectivity index is 3.16. The monoisotopic (exact) mass is 314 g/mol. The van der Waals surface area contributed by atoms with Gasteiger partial charge in [0.15, 0.2) is 0 Å². The summed E-state index contributed by atoms with van der Waals surface area (Å²) in [5.74, 6) is 0.0273. The maximum absolute atomic E-state index is 11.2. The Morgan fingerprint density at radius 2 is 1.74 bits per heavy atom. The summed E-state index contributed by atoms with van der Waals surface area (Å²) in [6.45, 7) is 2.69. The number of nitrogens with zero attached hydrogens (tertiary/aromatic N) is 2. The summed E-state index contributed by atoms with van der Waals surface area (Å²) < 4.78 is 23.4. The van der Waals surface area contributed by atoms with Crippen LogP contribution in [0.5, 0.6) is 0 Å². The predicted molar refractivity (Wildman–Crippen MR) is 65.4 cm³/mol. The first kappa shape index (κ1) is 16.5. The highest BCUT2D eigenvalue weighted by Gasteiger charge is 2.59. The Bertz CT molecular complexity index is 521. The van der Waals surface area contributed by atoms with E-state index in [2.05, 4.69) is 4.98 Å². The molecule has 1 aromatic heterocycles. The van der Waals surface area contributed by atoms with Crippen molar-refractivity contribution < 1.29 is 33.8 Å². The summed E-state index contributed by atoms with van der Waals surface area (Å²) in [6, 6.07) is 0. The molecule has 110 valence electrons. The fraction of sp³-hybridized carbons (Fsp3) is 0.625. The van der Waals surface area contributed by atoms with Crippen LogP contribution in [0.4, 0.5) is 0 Å². The van der Waals surface area contributed by atoms with Crippen LogP contribution in [0.3, 0.4) is 0 Å². The number of imidazole rings is 1. The largest absolute Gasteiger partial charge is 0.371 e. The topological polar surface area (TPSA) is 153 Å². The summed E-state index contributed by atoms with van der Waals surface area (Å²) >= 11 is 0. The van der Waals surface area contributed by atoms with Gasteiger partial charge in [0.25, 0.3) is 5.08 Å². The van der Waals surface area contributed by atoms with Crippen LogP contribution in [-0.4, -0.2) is 39.3 Å². The standard InChI is InChI=1S/C8H16N2O7P2/c1-6(2)7-3-10(5-9-7)4-8(11,18(12,13)14)19(15,16)17/h3,5-6,11H,4H2,1-2H3,(H2,12,13,14)(H2,15,16,17). The van der Waals surface area contributed by atoms with Crippen LogP contribution in [0.2, 0.25) is 0 Å². The number of hydrogen-bond acceptors (Lipinski definition) is 4. The highest BCUT2D eigenvalue weighted by atomic mass is 31.2. The minimum absolute atomic E-state index is 0.0273. The summed E-state index contributed by atoms with van der Waals surface area (Å²) in [5.41, 5.74) is 0.568. The third-order valence-corrected chi connectivity index (χ3v) is 6.28. The third-order valence-electron chi connectivity index (χ3n) is 2.57. The molecule has 0 aliphatic carbocycles. The number of aromatic nitrogens is 2. The maximum atomic E-state index is 11.2. The van der Waals surface area contributed by atoms with Gasteiger partial charge >= 0.3 is 15.2 Å². The van der Waals surface area contributed by atoms with E-state index in [9.17, 15) is 14.2 Å². The molecular formula is C8H16N2O7P2. The van der Waals surface area contributed by atoms with Crippen LogP contribution < -0.4 is 0 Å². The molecule has 0 fully saturated rings. The summed E-state index contributed by atoms with van der Waals surface area (Å²) in [6.07, 6.45) is 2.51. The van der Waals surface area contributed by atoms with Crippen LogP contribution in [0.15, 0.2) is 12.5 Å². The van der Waals surface area contributed by atoms with Crippen molar-refractivity contribution in [1.82, 2.24) is 9.55 Å². The number of rotatable bonds is 5. The molecular weight excluding hydrogens is 298 g/mol. The zero-order valence-corrected chi connectivity index (χ0v) is 12.1. The fourth-order valence-corrected chi connectivity index (χ4v) is 3.41. The summed E-state index contributed by atoms with van der Waals surface area (Å²) in [7, 11) is -10.9. The average Bonchev–Trinajstić information content (AvgIpc) is 2.62. The van der Waals surface area contributed by atoms with Crippen LogP contribution in [0.1, 0.15) is 25.5 Å². The van der Waals surface area contributed by atoms with Gasteiger partial charge in [0.05, 0.1) is 18.6 Å². The Kier molecular flexibility index (Phi) is 4.44.